The zero-order valence-corrected chi connectivity index (χ0v) is 9.09. The van der Waals surface area contributed by atoms with Gasteiger partial charge < -0.3 is 4.74 Å². The van der Waals surface area contributed by atoms with E-state index in [0.29, 0.717) is 11.5 Å². The predicted octanol–water partition coefficient (Wildman–Crippen LogP) is 2.93. The van der Waals surface area contributed by atoms with E-state index >= 15 is 0 Å². The summed E-state index contributed by atoms with van der Waals surface area (Å²) < 4.78 is 5.28. The second-order valence-electron chi connectivity index (χ2n) is 3.76. The maximum absolute atomic E-state index is 11.2. The molecule has 2 nitrogen and oxygen atoms in total. The van der Waals surface area contributed by atoms with Crippen molar-refractivity contribution in [2.75, 3.05) is 0 Å². The van der Waals surface area contributed by atoms with Crippen LogP contribution >= 0.6 is 0 Å². The van der Waals surface area contributed by atoms with Crippen LogP contribution in [0.15, 0.2) is 12.2 Å². The van der Waals surface area contributed by atoms with Crippen LogP contribution in [-0.2, 0) is 9.53 Å². The highest BCUT2D eigenvalue weighted by molar-refractivity contribution is 5.87. The summed E-state index contributed by atoms with van der Waals surface area (Å²) >= 11 is 0. The molecule has 1 atom stereocenters. The number of hydrogen-bond donors (Lipinski definition) is 0. The lowest BCUT2D eigenvalue weighted by Crippen LogP contribution is -2.23. The molecule has 0 rings (SSSR count). The van der Waals surface area contributed by atoms with E-state index in [0.717, 1.165) is 12.8 Å². The first-order valence-electron chi connectivity index (χ1n) is 4.85. The van der Waals surface area contributed by atoms with E-state index in [1.54, 1.807) is 6.92 Å². The Kier molecular flexibility index (Phi) is 5.44. The van der Waals surface area contributed by atoms with Crippen LogP contribution in [0, 0.1) is 5.92 Å². The number of rotatable bonds is 5. The zero-order chi connectivity index (χ0) is 10.4. The van der Waals surface area contributed by atoms with Gasteiger partial charge in [-0.25, -0.2) is 4.79 Å². The number of carbonyl (C=O) groups is 1. The number of carbonyl (C=O) groups excluding carboxylic acids is 1. The fourth-order valence-corrected chi connectivity index (χ4v) is 1.05. The van der Waals surface area contributed by atoms with Gasteiger partial charge in [-0.3, -0.25) is 0 Å². The van der Waals surface area contributed by atoms with Crippen LogP contribution in [0.25, 0.3) is 0 Å². The van der Waals surface area contributed by atoms with Crippen LogP contribution in [0.4, 0.5) is 0 Å². The first-order valence-corrected chi connectivity index (χ1v) is 4.85. The molecule has 2 heteroatoms. The number of hydrogen-bond acceptors (Lipinski definition) is 2. The van der Waals surface area contributed by atoms with E-state index < -0.39 is 0 Å². The first kappa shape index (κ1) is 12.2. The quantitative estimate of drug-likeness (QED) is 0.485. The van der Waals surface area contributed by atoms with Crippen molar-refractivity contribution in [3.8, 4) is 0 Å². The van der Waals surface area contributed by atoms with Gasteiger partial charge in [0.15, 0.2) is 0 Å². The normalized spacial score (nSPS) is 12.7. The molecule has 0 N–H and O–H groups in total. The lowest BCUT2D eigenvalue weighted by atomic mass is 10.0. The van der Waals surface area contributed by atoms with Crippen molar-refractivity contribution >= 4 is 5.97 Å². The second-order valence-corrected chi connectivity index (χ2v) is 3.76. The molecule has 0 fully saturated rings. The van der Waals surface area contributed by atoms with Gasteiger partial charge in [-0.15, -0.1) is 0 Å². The summed E-state index contributed by atoms with van der Waals surface area (Å²) in [5.74, 6) is 0.107. The van der Waals surface area contributed by atoms with Crippen molar-refractivity contribution in [1.82, 2.24) is 0 Å². The zero-order valence-electron chi connectivity index (χ0n) is 9.09. The second kappa shape index (κ2) is 5.79. The maximum atomic E-state index is 11.2. The van der Waals surface area contributed by atoms with Gasteiger partial charge in [0.2, 0.25) is 0 Å². The SMILES string of the molecule is C=C(C)C(=O)OC(CCC)C(C)C. The van der Waals surface area contributed by atoms with Crippen molar-refractivity contribution in [2.45, 2.75) is 46.6 Å². The minimum Gasteiger partial charge on any atom is -0.459 e. The summed E-state index contributed by atoms with van der Waals surface area (Å²) in [7, 11) is 0. The number of ether oxygens (including phenoxy) is 1. The standard InChI is InChI=1S/C11H20O2/c1-6-7-10(8(2)3)13-11(12)9(4)5/h8,10H,4,6-7H2,1-3,5H3. The summed E-state index contributed by atoms with van der Waals surface area (Å²) in [5, 5.41) is 0. The minimum atomic E-state index is -0.271. The van der Waals surface area contributed by atoms with Gasteiger partial charge in [0.1, 0.15) is 6.10 Å². The van der Waals surface area contributed by atoms with Gasteiger partial charge in [0.25, 0.3) is 0 Å². The highest BCUT2D eigenvalue weighted by Crippen LogP contribution is 2.14. The molecular formula is C11H20O2. The molecule has 76 valence electrons. The first-order chi connectivity index (χ1) is 5.99. The van der Waals surface area contributed by atoms with Gasteiger partial charge in [0, 0.05) is 5.57 Å². The molecule has 0 saturated heterocycles. The molecule has 0 aliphatic carbocycles. The molecule has 0 aliphatic heterocycles. The van der Waals surface area contributed by atoms with Crippen LogP contribution in [0.2, 0.25) is 0 Å². The topological polar surface area (TPSA) is 26.3 Å². The molecule has 0 bridgehead atoms. The predicted molar refractivity (Wildman–Crippen MR) is 54.4 cm³/mol. The molecule has 13 heavy (non-hydrogen) atoms. The van der Waals surface area contributed by atoms with Crippen molar-refractivity contribution in [3.05, 3.63) is 12.2 Å². The molecule has 1 unspecified atom stereocenters. The van der Waals surface area contributed by atoms with E-state index in [-0.39, 0.29) is 12.1 Å². The molecule has 0 aromatic heterocycles. The molecule has 0 amide bonds. The van der Waals surface area contributed by atoms with Crippen molar-refractivity contribution in [3.63, 3.8) is 0 Å². The average Bonchev–Trinajstić information content (AvgIpc) is 2.03. The minimum absolute atomic E-state index is 0.0363. The fraction of sp³-hybridized carbons (Fsp3) is 0.727. The molecule has 0 aliphatic rings. The number of esters is 1. The summed E-state index contributed by atoms with van der Waals surface area (Å²) in [5.41, 5.74) is 0.474. The van der Waals surface area contributed by atoms with Crippen LogP contribution in [0.1, 0.15) is 40.5 Å². The average molecular weight is 184 g/mol. The third-order valence-corrected chi connectivity index (χ3v) is 1.92. The Morgan fingerprint density at radius 1 is 1.46 bits per heavy atom. The van der Waals surface area contributed by atoms with Gasteiger partial charge in [-0.2, -0.15) is 0 Å². The summed E-state index contributed by atoms with van der Waals surface area (Å²) in [6.07, 6.45) is 2.00. The molecule has 0 saturated carbocycles. The van der Waals surface area contributed by atoms with E-state index in [4.69, 9.17) is 4.74 Å². The molecule has 0 radical (unpaired) electrons. The van der Waals surface area contributed by atoms with Gasteiger partial charge in [-0.05, 0) is 19.3 Å². The largest absolute Gasteiger partial charge is 0.459 e. The van der Waals surface area contributed by atoms with E-state index in [1.165, 1.54) is 0 Å². The maximum Gasteiger partial charge on any atom is 0.333 e. The van der Waals surface area contributed by atoms with Gasteiger partial charge >= 0.3 is 5.97 Å². The smallest absolute Gasteiger partial charge is 0.333 e. The monoisotopic (exact) mass is 184 g/mol. The highest BCUT2D eigenvalue weighted by atomic mass is 16.5. The Morgan fingerprint density at radius 3 is 2.31 bits per heavy atom. The fourth-order valence-electron chi connectivity index (χ4n) is 1.05. The molecule has 0 spiro atoms. The van der Waals surface area contributed by atoms with E-state index in [9.17, 15) is 4.79 Å². The van der Waals surface area contributed by atoms with Crippen LogP contribution in [0.5, 0.6) is 0 Å². The van der Waals surface area contributed by atoms with E-state index in [2.05, 4.69) is 27.4 Å². The van der Waals surface area contributed by atoms with Crippen LogP contribution in [-0.4, -0.2) is 12.1 Å². The Bertz CT molecular complexity index is 183. The summed E-state index contributed by atoms with van der Waals surface area (Å²) in [6, 6.07) is 0. The molecular weight excluding hydrogens is 164 g/mol. The summed E-state index contributed by atoms with van der Waals surface area (Å²) in [6.45, 7) is 11.4. The van der Waals surface area contributed by atoms with Crippen molar-refractivity contribution in [2.24, 2.45) is 5.92 Å². The molecule has 0 aromatic rings. The molecule has 0 aromatic carbocycles. The van der Waals surface area contributed by atoms with Crippen molar-refractivity contribution in [1.29, 1.82) is 0 Å². The van der Waals surface area contributed by atoms with Gasteiger partial charge in [-0.1, -0.05) is 33.8 Å². The van der Waals surface area contributed by atoms with Crippen molar-refractivity contribution < 1.29 is 9.53 Å². The van der Waals surface area contributed by atoms with E-state index in [1.807, 2.05) is 0 Å². The third kappa shape index (κ3) is 4.71. The Labute approximate surface area is 81.0 Å². The Balaban J connectivity index is 4.09. The van der Waals surface area contributed by atoms with Gasteiger partial charge in [0.05, 0.1) is 0 Å². The Morgan fingerprint density at radius 2 is 2.00 bits per heavy atom. The highest BCUT2D eigenvalue weighted by Gasteiger charge is 2.17. The lowest BCUT2D eigenvalue weighted by molar-refractivity contribution is -0.146. The molecule has 0 heterocycles. The van der Waals surface area contributed by atoms with Crippen LogP contribution in [0.3, 0.4) is 0 Å². The van der Waals surface area contributed by atoms with Crippen LogP contribution < -0.4 is 0 Å². The third-order valence-electron chi connectivity index (χ3n) is 1.92. The summed E-state index contributed by atoms with van der Waals surface area (Å²) in [4.78, 5) is 11.2. The lowest BCUT2D eigenvalue weighted by Gasteiger charge is -2.20. The Hall–Kier alpha value is -0.790.